The van der Waals surface area contributed by atoms with Gasteiger partial charge in [0.05, 0.1) is 6.21 Å². The maximum absolute atomic E-state index is 5.34. The molecule has 8 heteroatoms. The van der Waals surface area contributed by atoms with Gasteiger partial charge in [-0.15, -0.1) is 5.10 Å². The summed E-state index contributed by atoms with van der Waals surface area (Å²) in [6.07, 6.45) is 5.03. The first kappa shape index (κ1) is 14.7. The van der Waals surface area contributed by atoms with Gasteiger partial charge in [-0.1, -0.05) is 28.1 Å². The van der Waals surface area contributed by atoms with Crippen molar-refractivity contribution in [3.8, 4) is 11.6 Å². The van der Waals surface area contributed by atoms with Crippen LogP contribution in [0.15, 0.2) is 52.3 Å². The fourth-order valence-corrected chi connectivity index (χ4v) is 2.22. The highest BCUT2D eigenvalue weighted by Gasteiger charge is 2.12. The van der Waals surface area contributed by atoms with E-state index in [2.05, 4.69) is 36.1 Å². The Hall–Kier alpha value is -2.19. The maximum Gasteiger partial charge on any atom is 0.221 e. The van der Waals surface area contributed by atoms with E-state index in [4.69, 9.17) is 12.2 Å². The predicted molar refractivity (Wildman–Crippen MR) is 90.2 cm³/mol. The zero-order valence-electron chi connectivity index (χ0n) is 11.6. The van der Waals surface area contributed by atoms with Gasteiger partial charge in [-0.3, -0.25) is 0 Å². The molecule has 0 saturated heterocycles. The fraction of sp³-hybridized carbons (Fsp3) is 0.0714. The molecule has 0 aliphatic carbocycles. The molecule has 3 rings (SSSR count). The second-order valence-electron chi connectivity index (χ2n) is 4.41. The van der Waals surface area contributed by atoms with Gasteiger partial charge in [0.15, 0.2) is 5.82 Å². The molecule has 0 aliphatic rings. The van der Waals surface area contributed by atoms with Crippen molar-refractivity contribution in [1.82, 2.24) is 24.4 Å². The molecule has 3 aromatic rings. The molecule has 0 bridgehead atoms. The summed E-state index contributed by atoms with van der Waals surface area (Å²) in [4.78, 5) is 8.39. The summed E-state index contributed by atoms with van der Waals surface area (Å²) in [6.45, 7) is 0. The van der Waals surface area contributed by atoms with Gasteiger partial charge in [-0.2, -0.15) is 9.78 Å². The van der Waals surface area contributed by atoms with Crippen LogP contribution >= 0.6 is 28.1 Å². The number of nitrogens with zero attached hydrogens (tertiary/aromatic N) is 6. The van der Waals surface area contributed by atoms with Gasteiger partial charge < -0.3 is 0 Å². The van der Waals surface area contributed by atoms with E-state index in [1.165, 1.54) is 0 Å². The molecular weight excluding hydrogens is 364 g/mol. The zero-order valence-corrected chi connectivity index (χ0v) is 14.0. The molecule has 110 valence electrons. The minimum absolute atomic E-state index is 0.468. The maximum atomic E-state index is 5.34. The quantitative estimate of drug-likeness (QED) is 0.522. The number of hydrogen-bond donors (Lipinski definition) is 0. The van der Waals surface area contributed by atoms with Crippen LogP contribution in [0.4, 0.5) is 0 Å². The molecule has 0 spiro atoms. The van der Waals surface area contributed by atoms with Gasteiger partial charge in [-0.05, 0) is 36.0 Å². The third-order valence-corrected chi connectivity index (χ3v) is 3.83. The average molecular weight is 375 g/mol. The first-order chi connectivity index (χ1) is 10.6. The normalized spacial score (nSPS) is 11.2. The standard InChI is InChI=1S/C14H11BrN6S/c1-20-14(22)21(13(19-20)12-16-7-2-8-17-12)18-9-10-3-5-11(15)6-4-10/h2-9H,1H3/b18-9+. The summed E-state index contributed by atoms with van der Waals surface area (Å²) in [6, 6.07) is 9.55. The van der Waals surface area contributed by atoms with Crippen LogP contribution in [-0.4, -0.2) is 30.6 Å². The second-order valence-corrected chi connectivity index (χ2v) is 5.69. The molecule has 6 nitrogen and oxygen atoms in total. The number of halogens is 1. The monoisotopic (exact) mass is 374 g/mol. The molecule has 1 aromatic carbocycles. The Balaban J connectivity index is 2.03. The molecule has 2 heterocycles. The first-order valence-electron chi connectivity index (χ1n) is 6.38. The third kappa shape index (κ3) is 3.02. The van der Waals surface area contributed by atoms with Crippen LogP contribution in [-0.2, 0) is 7.05 Å². The van der Waals surface area contributed by atoms with Gasteiger partial charge in [0.2, 0.25) is 10.6 Å². The molecule has 0 fully saturated rings. The van der Waals surface area contributed by atoms with Gasteiger partial charge in [-0.25, -0.2) is 14.6 Å². The van der Waals surface area contributed by atoms with Crippen LogP contribution in [0, 0.1) is 4.77 Å². The lowest BCUT2D eigenvalue weighted by molar-refractivity contribution is 0.738. The Labute approximate surface area is 140 Å². The van der Waals surface area contributed by atoms with E-state index in [0.29, 0.717) is 16.4 Å². The van der Waals surface area contributed by atoms with Crippen LogP contribution in [0.25, 0.3) is 11.6 Å². The molecule has 0 N–H and O–H groups in total. The molecule has 0 unspecified atom stereocenters. The topological polar surface area (TPSA) is 60.9 Å². The van der Waals surface area contributed by atoms with Crippen LogP contribution in [0.2, 0.25) is 0 Å². The number of benzene rings is 1. The van der Waals surface area contributed by atoms with Crippen molar-refractivity contribution in [3.63, 3.8) is 0 Å². The van der Waals surface area contributed by atoms with Crippen molar-refractivity contribution in [2.24, 2.45) is 12.1 Å². The van der Waals surface area contributed by atoms with E-state index in [1.807, 2.05) is 24.3 Å². The SMILES string of the molecule is Cn1nc(-c2ncccn2)n(/N=C/c2ccc(Br)cc2)c1=S. The molecule has 0 saturated carbocycles. The lowest BCUT2D eigenvalue weighted by Gasteiger charge is -1.99. The van der Waals surface area contributed by atoms with Crippen molar-refractivity contribution < 1.29 is 0 Å². The average Bonchev–Trinajstić information content (AvgIpc) is 2.83. The molecule has 0 radical (unpaired) electrons. The minimum Gasteiger partial charge on any atom is -0.239 e. The lowest BCUT2D eigenvalue weighted by Crippen LogP contribution is -1.98. The fourth-order valence-electron chi connectivity index (χ4n) is 1.79. The Morgan fingerprint density at radius 3 is 2.55 bits per heavy atom. The van der Waals surface area contributed by atoms with Crippen molar-refractivity contribution in [2.45, 2.75) is 0 Å². The van der Waals surface area contributed by atoms with Crippen molar-refractivity contribution in [1.29, 1.82) is 0 Å². The number of hydrogen-bond acceptors (Lipinski definition) is 5. The summed E-state index contributed by atoms with van der Waals surface area (Å²) in [5, 5.41) is 8.75. The number of aromatic nitrogens is 5. The van der Waals surface area contributed by atoms with Crippen molar-refractivity contribution >= 4 is 34.4 Å². The molecular formula is C14H11BrN6S. The Kier molecular flexibility index (Phi) is 4.21. The smallest absolute Gasteiger partial charge is 0.221 e. The van der Waals surface area contributed by atoms with Crippen LogP contribution in [0.3, 0.4) is 0 Å². The highest BCUT2D eigenvalue weighted by Crippen LogP contribution is 2.13. The zero-order chi connectivity index (χ0) is 15.5. The number of rotatable bonds is 3. The van der Waals surface area contributed by atoms with Crippen LogP contribution < -0.4 is 0 Å². The van der Waals surface area contributed by atoms with Crippen LogP contribution in [0.1, 0.15) is 5.56 Å². The van der Waals surface area contributed by atoms with E-state index in [1.54, 1.807) is 41.1 Å². The van der Waals surface area contributed by atoms with Gasteiger partial charge in [0.25, 0.3) is 0 Å². The first-order valence-corrected chi connectivity index (χ1v) is 7.58. The number of aryl methyl sites for hydroxylation is 1. The molecule has 22 heavy (non-hydrogen) atoms. The van der Waals surface area contributed by atoms with Crippen molar-refractivity contribution in [3.05, 3.63) is 57.5 Å². The Morgan fingerprint density at radius 2 is 1.86 bits per heavy atom. The summed E-state index contributed by atoms with van der Waals surface area (Å²) in [5.74, 6) is 0.976. The second kappa shape index (κ2) is 6.29. The molecule has 2 aromatic heterocycles. The summed E-state index contributed by atoms with van der Waals surface area (Å²) >= 11 is 8.74. The Morgan fingerprint density at radius 1 is 1.18 bits per heavy atom. The van der Waals surface area contributed by atoms with Crippen LogP contribution in [0.5, 0.6) is 0 Å². The van der Waals surface area contributed by atoms with E-state index in [0.717, 1.165) is 10.0 Å². The summed E-state index contributed by atoms with van der Waals surface area (Å²) in [7, 11) is 1.76. The predicted octanol–water partition coefficient (Wildman–Crippen LogP) is 3.05. The largest absolute Gasteiger partial charge is 0.239 e. The van der Waals surface area contributed by atoms with Gasteiger partial charge in [0.1, 0.15) is 0 Å². The highest BCUT2D eigenvalue weighted by molar-refractivity contribution is 9.10. The van der Waals surface area contributed by atoms with E-state index in [9.17, 15) is 0 Å². The van der Waals surface area contributed by atoms with Gasteiger partial charge >= 0.3 is 0 Å². The van der Waals surface area contributed by atoms with Gasteiger partial charge in [0, 0.05) is 23.9 Å². The lowest BCUT2D eigenvalue weighted by atomic mass is 10.2. The summed E-state index contributed by atoms with van der Waals surface area (Å²) < 4.78 is 4.60. The van der Waals surface area contributed by atoms with E-state index >= 15 is 0 Å². The summed E-state index contributed by atoms with van der Waals surface area (Å²) in [5.41, 5.74) is 0.953. The van der Waals surface area contributed by atoms with Crippen molar-refractivity contribution in [2.75, 3.05) is 0 Å². The van der Waals surface area contributed by atoms with E-state index in [-0.39, 0.29) is 0 Å². The Bertz CT molecular complexity index is 867. The van der Waals surface area contributed by atoms with E-state index < -0.39 is 0 Å². The highest BCUT2D eigenvalue weighted by atomic mass is 79.9. The molecule has 0 aliphatic heterocycles. The molecule has 0 atom stereocenters. The third-order valence-electron chi connectivity index (χ3n) is 2.86. The molecule has 0 amide bonds. The minimum atomic E-state index is 0.468.